The Labute approximate surface area is 183 Å². The molecular weight excluding hydrogens is 475 g/mol. The van der Waals surface area contributed by atoms with Crippen molar-refractivity contribution in [3.63, 3.8) is 0 Å². The number of fused-ring (bicyclic) bond motifs is 1. The first-order chi connectivity index (χ1) is 12.6. The number of aryl methyl sites for hydroxylation is 1. The number of halogens is 1. The molecule has 3 heterocycles. The molecule has 154 valence electrons. The van der Waals surface area contributed by atoms with Gasteiger partial charge in [0.2, 0.25) is 0 Å². The number of aliphatic imine (C=N–C) groups is 1. The van der Waals surface area contributed by atoms with Gasteiger partial charge in [0.25, 0.3) is 0 Å². The summed E-state index contributed by atoms with van der Waals surface area (Å²) in [5.74, 6) is 3.47. The minimum absolute atomic E-state index is 0. The Morgan fingerprint density at radius 2 is 2.11 bits per heavy atom. The Balaban J connectivity index is 0.00000261. The van der Waals surface area contributed by atoms with E-state index in [4.69, 9.17) is 4.74 Å². The summed E-state index contributed by atoms with van der Waals surface area (Å²) in [6.07, 6.45) is 6.39. The fraction of sp³-hybridized carbons (Fsp3) is 0.833. The highest BCUT2D eigenvalue weighted by Crippen LogP contribution is 2.33. The maximum absolute atomic E-state index is 5.54. The van der Waals surface area contributed by atoms with Gasteiger partial charge in [-0.2, -0.15) is 11.8 Å². The van der Waals surface area contributed by atoms with Gasteiger partial charge in [0.1, 0.15) is 11.6 Å². The lowest BCUT2D eigenvalue weighted by atomic mass is 9.99. The van der Waals surface area contributed by atoms with E-state index in [0.29, 0.717) is 12.0 Å². The lowest BCUT2D eigenvalue weighted by molar-refractivity contribution is 0.0782. The Morgan fingerprint density at radius 1 is 1.37 bits per heavy atom. The Hall–Kier alpha value is -0.550. The molecule has 2 N–H and O–H groups in total. The minimum Gasteiger partial charge on any atom is -0.381 e. The summed E-state index contributed by atoms with van der Waals surface area (Å²) in [5, 5.41) is 15.9. The first-order valence-corrected chi connectivity index (χ1v) is 10.8. The molecule has 0 saturated carbocycles. The van der Waals surface area contributed by atoms with E-state index in [1.54, 1.807) is 0 Å². The van der Waals surface area contributed by atoms with Crippen LogP contribution in [0, 0.1) is 0 Å². The summed E-state index contributed by atoms with van der Waals surface area (Å²) < 4.78 is 8.06. The van der Waals surface area contributed by atoms with Crippen LogP contribution < -0.4 is 10.6 Å². The third-order valence-electron chi connectivity index (χ3n) is 5.47. The van der Waals surface area contributed by atoms with E-state index in [9.17, 15) is 0 Å². The van der Waals surface area contributed by atoms with E-state index in [-0.39, 0.29) is 28.7 Å². The van der Waals surface area contributed by atoms with Crippen molar-refractivity contribution in [2.45, 2.75) is 62.8 Å². The number of rotatable bonds is 5. The van der Waals surface area contributed by atoms with Gasteiger partial charge in [-0.1, -0.05) is 13.8 Å². The summed E-state index contributed by atoms with van der Waals surface area (Å²) in [6.45, 7) is 7.86. The standard InChI is InChI=1S/C18H32N6OS.HI/c1-13(2)16-23-22-15-6-5-14(11-24(15)16)21-17(19-3)20-12-18(26-4)7-9-25-10-8-18;/h13-14H,5-12H2,1-4H3,(H2,19,20,21);1H. The molecule has 1 unspecified atom stereocenters. The van der Waals surface area contributed by atoms with Gasteiger partial charge in [0.15, 0.2) is 5.96 Å². The van der Waals surface area contributed by atoms with Crippen molar-refractivity contribution in [3.05, 3.63) is 11.6 Å². The second kappa shape index (κ2) is 10.3. The van der Waals surface area contributed by atoms with Crippen molar-refractivity contribution >= 4 is 41.7 Å². The molecule has 0 bridgehead atoms. The average molecular weight is 508 g/mol. The SMILES string of the molecule is CN=C(NCC1(SC)CCOCC1)NC1CCc2nnc(C(C)C)n2C1.I. The van der Waals surface area contributed by atoms with Crippen molar-refractivity contribution in [2.24, 2.45) is 4.99 Å². The summed E-state index contributed by atoms with van der Waals surface area (Å²) in [5.41, 5.74) is 0. The normalized spacial score (nSPS) is 22.1. The number of thioether (sulfide) groups is 1. The number of ether oxygens (including phenoxy) is 1. The molecule has 0 radical (unpaired) electrons. The average Bonchev–Trinajstić information content (AvgIpc) is 3.09. The molecule has 0 spiro atoms. The molecule has 2 aliphatic rings. The molecule has 7 nitrogen and oxygen atoms in total. The zero-order valence-electron chi connectivity index (χ0n) is 16.8. The Bertz CT molecular complexity index is 629. The lowest BCUT2D eigenvalue weighted by Gasteiger charge is -2.36. The lowest BCUT2D eigenvalue weighted by Crippen LogP contribution is -2.51. The molecule has 0 aliphatic carbocycles. The van der Waals surface area contributed by atoms with E-state index in [0.717, 1.165) is 69.6 Å². The molecule has 9 heteroatoms. The van der Waals surface area contributed by atoms with Gasteiger partial charge in [-0.05, 0) is 25.5 Å². The van der Waals surface area contributed by atoms with Crippen LogP contribution in [0.25, 0.3) is 0 Å². The van der Waals surface area contributed by atoms with Crippen LogP contribution >= 0.6 is 35.7 Å². The maximum atomic E-state index is 5.54. The first kappa shape index (κ1) is 22.7. The number of hydrogen-bond donors (Lipinski definition) is 2. The van der Waals surface area contributed by atoms with Crippen LogP contribution in [0.5, 0.6) is 0 Å². The Kier molecular flexibility index (Phi) is 8.67. The number of hydrogen-bond acceptors (Lipinski definition) is 5. The van der Waals surface area contributed by atoms with Gasteiger partial charge in [0.05, 0.1) is 0 Å². The van der Waals surface area contributed by atoms with Crippen molar-refractivity contribution in [3.8, 4) is 0 Å². The quantitative estimate of drug-likeness (QED) is 0.362. The molecule has 0 amide bonds. The second-order valence-electron chi connectivity index (χ2n) is 7.54. The molecule has 1 atom stereocenters. The molecule has 2 aliphatic heterocycles. The van der Waals surface area contributed by atoms with Crippen LogP contribution in [-0.2, 0) is 17.7 Å². The fourth-order valence-electron chi connectivity index (χ4n) is 3.72. The largest absolute Gasteiger partial charge is 0.381 e. The summed E-state index contributed by atoms with van der Waals surface area (Å²) in [4.78, 5) is 4.45. The third-order valence-corrected chi connectivity index (χ3v) is 6.89. The van der Waals surface area contributed by atoms with Gasteiger partial charge in [-0.15, -0.1) is 34.2 Å². The molecule has 0 aromatic carbocycles. The summed E-state index contributed by atoms with van der Waals surface area (Å²) in [6, 6.07) is 0.349. The minimum atomic E-state index is 0. The van der Waals surface area contributed by atoms with Crippen LogP contribution in [0.15, 0.2) is 4.99 Å². The summed E-state index contributed by atoms with van der Waals surface area (Å²) in [7, 11) is 1.84. The fourth-order valence-corrected chi connectivity index (χ4v) is 4.51. The van der Waals surface area contributed by atoms with Crippen molar-refractivity contribution in [1.82, 2.24) is 25.4 Å². The van der Waals surface area contributed by atoms with Gasteiger partial charge in [-0.25, -0.2) is 0 Å². The molecule has 1 saturated heterocycles. The van der Waals surface area contributed by atoms with Crippen LogP contribution in [0.3, 0.4) is 0 Å². The van der Waals surface area contributed by atoms with Crippen LogP contribution in [0.4, 0.5) is 0 Å². The topological polar surface area (TPSA) is 76.4 Å². The third kappa shape index (κ3) is 5.50. The number of aromatic nitrogens is 3. The van der Waals surface area contributed by atoms with Crippen molar-refractivity contribution in [1.29, 1.82) is 0 Å². The smallest absolute Gasteiger partial charge is 0.191 e. The molecule has 1 fully saturated rings. The van der Waals surface area contributed by atoms with Crippen molar-refractivity contribution < 1.29 is 4.74 Å². The van der Waals surface area contributed by atoms with Crippen LogP contribution in [-0.4, -0.2) is 64.6 Å². The molecule has 1 aromatic rings. The molecule has 27 heavy (non-hydrogen) atoms. The van der Waals surface area contributed by atoms with E-state index < -0.39 is 0 Å². The van der Waals surface area contributed by atoms with Gasteiger partial charge < -0.3 is 19.9 Å². The predicted molar refractivity (Wildman–Crippen MR) is 122 cm³/mol. The highest BCUT2D eigenvalue weighted by molar-refractivity contribution is 14.0. The first-order valence-electron chi connectivity index (χ1n) is 9.59. The van der Waals surface area contributed by atoms with E-state index in [2.05, 4.69) is 50.5 Å². The van der Waals surface area contributed by atoms with Crippen molar-refractivity contribution in [2.75, 3.05) is 33.1 Å². The number of guanidine groups is 1. The number of nitrogens with one attached hydrogen (secondary N) is 2. The van der Waals surface area contributed by atoms with E-state index in [1.807, 2.05) is 18.8 Å². The van der Waals surface area contributed by atoms with Gasteiger partial charge in [0, 0.05) is 56.5 Å². The van der Waals surface area contributed by atoms with Gasteiger partial charge in [-0.3, -0.25) is 4.99 Å². The Morgan fingerprint density at radius 3 is 2.74 bits per heavy atom. The molecular formula is C18H33IN6OS. The summed E-state index contributed by atoms with van der Waals surface area (Å²) >= 11 is 1.94. The van der Waals surface area contributed by atoms with Crippen LogP contribution in [0.2, 0.25) is 0 Å². The maximum Gasteiger partial charge on any atom is 0.191 e. The van der Waals surface area contributed by atoms with Gasteiger partial charge >= 0.3 is 0 Å². The van der Waals surface area contributed by atoms with E-state index >= 15 is 0 Å². The van der Waals surface area contributed by atoms with E-state index in [1.165, 1.54) is 0 Å². The predicted octanol–water partition coefficient (Wildman–Crippen LogP) is 2.41. The second-order valence-corrected chi connectivity index (χ2v) is 8.82. The van der Waals surface area contributed by atoms with Crippen LogP contribution in [0.1, 0.15) is 50.7 Å². The zero-order valence-corrected chi connectivity index (χ0v) is 20.0. The monoisotopic (exact) mass is 508 g/mol. The molecule has 1 aromatic heterocycles. The molecule has 3 rings (SSSR count). The highest BCUT2D eigenvalue weighted by Gasteiger charge is 2.32. The number of nitrogens with zero attached hydrogens (tertiary/aromatic N) is 4. The zero-order chi connectivity index (χ0) is 18.6. The highest BCUT2D eigenvalue weighted by atomic mass is 127.